The highest BCUT2D eigenvalue weighted by molar-refractivity contribution is 7.10. The molecule has 3 heterocycles. The summed E-state index contributed by atoms with van der Waals surface area (Å²) in [5, 5.41) is 16.8. The van der Waals surface area contributed by atoms with Crippen LogP contribution in [0.5, 0.6) is 0 Å². The summed E-state index contributed by atoms with van der Waals surface area (Å²) < 4.78 is 0. The highest BCUT2D eigenvalue weighted by Crippen LogP contribution is 2.33. The molecule has 0 bridgehead atoms. The normalized spacial score (nSPS) is 13.3. The quantitative estimate of drug-likeness (QED) is 0.362. The number of para-hydroxylation sites is 2. The van der Waals surface area contributed by atoms with Crippen molar-refractivity contribution in [3.05, 3.63) is 86.2 Å². The molecule has 2 aromatic heterocycles. The molecule has 0 radical (unpaired) electrons. The van der Waals surface area contributed by atoms with Gasteiger partial charge in [0.15, 0.2) is 0 Å². The first-order chi connectivity index (χ1) is 14.6. The maximum Gasteiger partial charge on any atom is 0.270 e. The van der Waals surface area contributed by atoms with Crippen molar-refractivity contribution in [3.63, 3.8) is 0 Å². The van der Waals surface area contributed by atoms with E-state index in [-0.39, 0.29) is 11.6 Å². The molecule has 0 unspecified atom stereocenters. The summed E-state index contributed by atoms with van der Waals surface area (Å²) in [5.41, 5.74) is 4.03. The summed E-state index contributed by atoms with van der Waals surface area (Å²) in [6.07, 6.45) is 2.58. The number of hydrogen-bond donors (Lipinski definition) is 2. The Morgan fingerprint density at radius 3 is 2.93 bits per heavy atom. The molecule has 1 amide bonds. The van der Waals surface area contributed by atoms with Crippen LogP contribution in [0.3, 0.4) is 0 Å². The lowest BCUT2D eigenvalue weighted by Gasteiger charge is -2.30. The average Bonchev–Trinajstić information content (AvgIpc) is 3.39. The summed E-state index contributed by atoms with van der Waals surface area (Å²) in [5.74, 6) is -0.303. The van der Waals surface area contributed by atoms with Gasteiger partial charge in [-0.05, 0) is 41.6 Å². The second kappa shape index (κ2) is 7.31. The van der Waals surface area contributed by atoms with Gasteiger partial charge in [0.25, 0.3) is 11.6 Å². The van der Waals surface area contributed by atoms with E-state index in [0.717, 1.165) is 30.9 Å². The molecule has 2 aromatic carbocycles. The zero-order chi connectivity index (χ0) is 20.7. The van der Waals surface area contributed by atoms with Crippen molar-refractivity contribution in [2.24, 2.45) is 0 Å². The molecule has 30 heavy (non-hydrogen) atoms. The number of fused-ring (bicyclic) bond motifs is 2. The third kappa shape index (κ3) is 3.21. The van der Waals surface area contributed by atoms with E-state index in [2.05, 4.69) is 26.6 Å². The Kier molecular flexibility index (Phi) is 4.48. The Hall–Kier alpha value is -3.65. The van der Waals surface area contributed by atoms with E-state index < -0.39 is 4.92 Å². The van der Waals surface area contributed by atoms with Crippen LogP contribution in [0.2, 0.25) is 0 Å². The van der Waals surface area contributed by atoms with Crippen molar-refractivity contribution in [1.29, 1.82) is 0 Å². The molecule has 0 aliphatic carbocycles. The number of anilines is 2. The fraction of sp³-hybridized carbons (Fsp3) is 0.136. The van der Waals surface area contributed by atoms with Crippen molar-refractivity contribution in [3.8, 4) is 0 Å². The molecule has 0 atom stereocenters. The third-order valence-electron chi connectivity index (χ3n) is 5.42. The van der Waals surface area contributed by atoms with Gasteiger partial charge >= 0.3 is 0 Å². The number of rotatable bonds is 4. The number of carbonyl (C=O) groups excluding carboxylic acids is 1. The fourth-order valence-corrected chi connectivity index (χ4v) is 4.80. The van der Waals surface area contributed by atoms with Crippen LogP contribution in [0.4, 0.5) is 17.1 Å². The molecular weight excluding hydrogens is 400 g/mol. The second-order valence-electron chi connectivity index (χ2n) is 7.20. The largest absolute Gasteiger partial charge is 0.365 e. The van der Waals surface area contributed by atoms with Crippen LogP contribution in [-0.2, 0) is 13.0 Å². The van der Waals surface area contributed by atoms with E-state index in [1.54, 1.807) is 23.6 Å². The summed E-state index contributed by atoms with van der Waals surface area (Å²) in [4.78, 5) is 30.4. The van der Waals surface area contributed by atoms with Gasteiger partial charge in [-0.2, -0.15) is 0 Å². The summed E-state index contributed by atoms with van der Waals surface area (Å²) in [6.45, 7) is 1.70. The minimum Gasteiger partial charge on any atom is -0.365 e. The number of carbonyl (C=O) groups is 1. The molecule has 2 N–H and O–H groups in total. The summed E-state index contributed by atoms with van der Waals surface area (Å²) in [7, 11) is 0. The zero-order valence-corrected chi connectivity index (χ0v) is 16.7. The first kappa shape index (κ1) is 18.4. The van der Waals surface area contributed by atoms with Gasteiger partial charge < -0.3 is 15.2 Å². The Balaban J connectivity index is 1.44. The van der Waals surface area contributed by atoms with Gasteiger partial charge in [-0.15, -0.1) is 11.3 Å². The highest BCUT2D eigenvalue weighted by Gasteiger charge is 2.21. The van der Waals surface area contributed by atoms with Crippen LogP contribution >= 0.6 is 11.3 Å². The molecular formula is C22H18N4O3S. The molecule has 1 aliphatic rings. The second-order valence-corrected chi connectivity index (χ2v) is 8.20. The van der Waals surface area contributed by atoms with E-state index >= 15 is 0 Å². The number of non-ortho nitro benzene ring substituents is 1. The fourth-order valence-electron chi connectivity index (χ4n) is 3.91. The number of nitro groups is 1. The lowest BCUT2D eigenvalue weighted by atomic mass is 10.1. The van der Waals surface area contributed by atoms with Crippen molar-refractivity contribution in [2.45, 2.75) is 13.0 Å². The smallest absolute Gasteiger partial charge is 0.270 e. The van der Waals surface area contributed by atoms with Crippen molar-refractivity contribution >= 4 is 45.2 Å². The Morgan fingerprint density at radius 1 is 1.20 bits per heavy atom. The van der Waals surface area contributed by atoms with Crippen LogP contribution in [0.25, 0.3) is 10.9 Å². The van der Waals surface area contributed by atoms with E-state index in [9.17, 15) is 14.9 Å². The van der Waals surface area contributed by atoms with E-state index in [1.807, 2.05) is 24.3 Å². The minimum absolute atomic E-state index is 0.0450. The SMILES string of the molecule is O=C(Nc1ccccc1N1CCc2sccc2C1)c1c[nH]c2ccc([N+](=O)[O-])cc12. The maximum atomic E-state index is 13.0. The number of nitrogens with one attached hydrogen (secondary N) is 2. The predicted molar refractivity (Wildman–Crippen MR) is 118 cm³/mol. The lowest BCUT2D eigenvalue weighted by molar-refractivity contribution is -0.384. The number of H-pyrrole nitrogens is 1. The van der Waals surface area contributed by atoms with Gasteiger partial charge in [-0.25, -0.2) is 0 Å². The third-order valence-corrected chi connectivity index (χ3v) is 6.44. The minimum atomic E-state index is -0.460. The van der Waals surface area contributed by atoms with Crippen molar-refractivity contribution < 1.29 is 9.72 Å². The number of aromatic nitrogens is 1. The monoisotopic (exact) mass is 418 g/mol. The van der Waals surface area contributed by atoms with E-state index in [4.69, 9.17) is 0 Å². The van der Waals surface area contributed by atoms with Gasteiger partial charge in [0, 0.05) is 47.2 Å². The van der Waals surface area contributed by atoms with Crippen molar-refractivity contribution in [2.75, 3.05) is 16.8 Å². The molecule has 0 saturated heterocycles. The van der Waals surface area contributed by atoms with E-state index in [0.29, 0.717) is 16.5 Å². The zero-order valence-electron chi connectivity index (χ0n) is 15.9. The Bertz CT molecular complexity index is 1280. The van der Waals surface area contributed by atoms with Crippen molar-refractivity contribution in [1.82, 2.24) is 4.98 Å². The number of thiophene rings is 1. The summed E-state index contributed by atoms with van der Waals surface area (Å²) in [6, 6.07) is 14.4. The molecule has 0 saturated carbocycles. The highest BCUT2D eigenvalue weighted by atomic mass is 32.1. The first-order valence-electron chi connectivity index (χ1n) is 9.56. The average molecular weight is 418 g/mol. The standard InChI is InChI=1S/C22H18N4O3S/c27-22(17-12-23-18-6-5-15(26(28)29)11-16(17)18)24-19-3-1-2-4-20(19)25-9-7-21-14(13-25)8-10-30-21/h1-6,8,10-12,23H,7,9,13H2,(H,24,27). The van der Waals surface area contributed by atoms with Gasteiger partial charge in [-0.3, -0.25) is 14.9 Å². The molecule has 0 fully saturated rings. The lowest BCUT2D eigenvalue weighted by Crippen LogP contribution is -2.30. The van der Waals surface area contributed by atoms with E-state index in [1.165, 1.54) is 22.6 Å². The predicted octanol–water partition coefficient (Wildman–Crippen LogP) is 4.95. The number of nitrogens with zero attached hydrogens (tertiary/aromatic N) is 2. The van der Waals surface area contributed by atoms with Crippen LogP contribution in [0, 0.1) is 10.1 Å². The number of benzene rings is 2. The van der Waals surface area contributed by atoms with Crippen LogP contribution in [0.15, 0.2) is 60.1 Å². The van der Waals surface area contributed by atoms with Crippen LogP contribution < -0.4 is 10.2 Å². The number of aromatic amines is 1. The number of nitro benzene ring substituents is 1. The molecule has 150 valence electrons. The molecule has 7 nitrogen and oxygen atoms in total. The first-order valence-corrected chi connectivity index (χ1v) is 10.4. The van der Waals surface area contributed by atoms with Gasteiger partial charge in [0.2, 0.25) is 0 Å². The number of amides is 1. The maximum absolute atomic E-state index is 13.0. The molecule has 1 aliphatic heterocycles. The van der Waals surface area contributed by atoms with Gasteiger partial charge in [-0.1, -0.05) is 12.1 Å². The number of hydrogen-bond acceptors (Lipinski definition) is 5. The van der Waals surface area contributed by atoms with Crippen LogP contribution in [-0.4, -0.2) is 22.4 Å². The topological polar surface area (TPSA) is 91.3 Å². The summed E-state index contributed by atoms with van der Waals surface area (Å²) >= 11 is 1.79. The molecule has 5 rings (SSSR count). The van der Waals surface area contributed by atoms with Gasteiger partial charge in [0.1, 0.15) is 0 Å². The molecule has 4 aromatic rings. The Morgan fingerprint density at radius 2 is 2.07 bits per heavy atom. The molecule has 0 spiro atoms. The Labute approximate surface area is 176 Å². The van der Waals surface area contributed by atoms with Gasteiger partial charge in [0.05, 0.1) is 21.9 Å². The van der Waals surface area contributed by atoms with Crippen LogP contribution in [0.1, 0.15) is 20.8 Å². The molecule has 8 heteroatoms.